The zero-order valence-corrected chi connectivity index (χ0v) is 15.4. The molecule has 0 amide bonds. The average molecular weight is 382 g/mol. The Kier molecular flexibility index (Phi) is 3.74. The van der Waals surface area contributed by atoms with E-state index >= 15 is 0 Å². The van der Waals surface area contributed by atoms with Crippen molar-refractivity contribution in [2.75, 3.05) is 28.4 Å². The molecule has 0 spiro atoms. The predicted molar refractivity (Wildman–Crippen MR) is 103 cm³/mol. The summed E-state index contributed by atoms with van der Waals surface area (Å²) in [5.74, 6) is 0.0777. The van der Waals surface area contributed by atoms with Crippen LogP contribution in [0.15, 0.2) is 31.3 Å². The summed E-state index contributed by atoms with van der Waals surface area (Å²) in [5, 5.41) is -0.272. The van der Waals surface area contributed by atoms with Gasteiger partial charge >= 0.3 is 0 Å². The van der Waals surface area contributed by atoms with E-state index in [0.29, 0.717) is 0 Å². The van der Waals surface area contributed by atoms with E-state index in [1.807, 2.05) is 0 Å². The normalized spacial score (nSPS) is 11.4. The van der Waals surface area contributed by atoms with E-state index in [0.717, 1.165) is 0 Å². The molecule has 0 aliphatic heterocycles. The van der Waals surface area contributed by atoms with Gasteiger partial charge in [0.2, 0.25) is 27.5 Å². The monoisotopic (exact) mass is 382 g/mol. The number of benzene rings is 4. The molecule has 0 heterocycles. The second-order valence-corrected chi connectivity index (χ2v) is 6.14. The third-order valence-corrected chi connectivity index (χ3v) is 4.93. The molecule has 8 nitrogen and oxygen atoms in total. The quantitative estimate of drug-likeness (QED) is 0.378. The molecule has 0 radical (unpaired) electrons. The lowest BCUT2D eigenvalue weighted by molar-refractivity contribution is 0.329. The Morgan fingerprint density at radius 1 is 0.536 bits per heavy atom. The van der Waals surface area contributed by atoms with E-state index in [4.69, 9.17) is 18.9 Å². The molecule has 2 aromatic carbocycles. The molecule has 142 valence electrons. The maximum absolute atomic E-state index is 12.9. The molecule has 0 unspecified atom stereocenters. The van der Waals surface area contributed by atoms with Crippen molar-refractivity contribution in [1.29, 1.82) is 0 Å². The van der Waals surface area contributed by atoms with Gasteiger partial charge in [0.15, 0.2) is 11.5 Å². The Morgan fingerprint density at radius 3 is 1.32 bits per heavy atom. The van der Waals surface area contributed by atoms with Crippen molar-refractivity contribution < 1.29 is 18.9 Å². The molecule has 28 heavy (non-hydrogen) atoms. The van der Waals surface area contributed by atoms with Crippen LogP contribution < -0.4 is 40.7 Å². The van der Waals surface area contributed by atoms with E-state index in [2.05, 4.69) is 0 Å². The van der Waals surface area contributed by atoms with Crippen molar-refractivity contribution >= 4 is 21.5 Å². The Balaban J connectivity index is 2.54. The van der Waals surface area contributed by atoms with Gasteiger partial charge in [0.25, 0.3) is 0 Å². The highest BCUT2D eigenvalue weighted by molar-refractivity contribution is 6.16. The van der Waals surface area contributed by atoms with Crippen LogP contribution in [0.3, 0.4) is 0 Å². The van der Waals surface area contributed by atoms with Crippen molar-refractivity contribution in [3.63, 3.8) is 0 Å². The summed E-state index contributed by atoms with van der Waals surface area (Å²) in [6, 6.07) is 2.75. The van der Waals surface area contributed by atoms with Crippen LogP contribution in [-0.2, 0) is 0 Å². The van der Waals surface area contributed by atoms with Gasteiger partial charge < -0.3 is 18.9 Å². The second-order valence-electron chi connectivity index (χ2n) is 6.14. The Hall–Kier alpha value is -3.68. The maximum Gasteiger partial charge on any atom is 0.238 e. The first-order chi connectivity index (χ1) is 13.4. The average Bonchev–Trinajstić information content (AvgIpc) is 2.72. The summed E-state index contributed by atoms with van der Waals surface area (Å²) in [6.45, 7) is 0. The molecule has 0 N–H and O–H groups in total. The molecule has 0 bridgehead atoms. The minimum Gasteiger partial charge on any atom is -0.497 e. The van der Waals surface area contributed by atoms with Crippen LogP contribution in [0.5, 0.6) is 23.0 Å². The number of hydrogen-bond acceptors (Lipinski definition) is 8. The van der Waals surface area contributed by atoms with Gasteiger partial charge in [0.1, 0.15) is 5.75 Å². The zero-order chi connectivity index (χ0) is 20.3. The van der Waals surface area contributed by atoms with Crippen molar-refractivity contribution in [3.05, 3.63) is 53.0 Å². The third kappa shape index (κ3) is 1.94. The molecule has 2 aliphatic carbocycles. The van der Waals surface area contributed by atoms with E-state index in [1.54, 1.807) is 0 Å². The molecule has 0 saturated carbocycles. The summed E-state index contributed by atoms with van der Waals surface area (Å²) in [4.78, 5) is 51.5. The highest BCUT2D eigenvalue weighted by atomic mass is 16.5. The fourth-order valence-electron chi connectivity index (χ4n) is 3.77. The number of ether oxygens (including phenoxy) is 4. The second kappa shape index (κ2) is 5.91. The number of rotatable bonds is 4. The first-order valence-electron chi connectivity index (χ1n) is 8.17. The molecule has 8 heteroatoms. The predicted octanol–water partition coefficient (Wildman–Crippen LogP) is 0.886. The summed E-state index contributed by atoms with van der Waals surface area (Å²) in [7, 11) is 5.26. The smallest absolute Gasteiger partial charge is 0.238 e. The van der Waals surface area contributed by atoms with Crippen molar-refractivity contribution in [2.24, 2.45) is 0 Å². The van der Waals surface area contributed by atoms with Crippen molar-refractivity contribution in [3.8, 4) is 34.1 Å². The van der Waals surface area contributed by atoms with Crippen LogP contribution in [0.4, 0.5) is 0 Å². The van der Waals surface area contributed by atoms with Gasteiger partial charge in [-0.2, -0.15) is 0 Å². The minimum atomic E-state index is -0.872. The van der Waals surface area contributed by atoms with Gasteiger partial charge in [-0.25, -0.2) is 0 Å². The first kappa shape index (κ1) is 17.7. The summed E-state index contributed by atoms with van der Waals surface area (Å²) < 4.78 is 21.1. The van der Waals surface area contributed by atoms with E-state index < -0.39 is 21.7 Å². The highest BCUT2D eigenvalue weighted by Gasteiger charge is 2.33. The lowest BCUT2D eigenvalue weighted by Gasteiger charge is -2.21. The van der Waals surface area contributed by atoms with Crippen LogP contribution in [0.25, 0.3) is 32.7 Å². The first-order valence-corrected chi connectivity index (χ1v) is 8.17. The molecule has 2 aliphatic rings. The number of methoxy groups -OCH3 is 4. The molecule has 0 aromatic heterocycles. The Bertz CT molecular complexity index is 1330. The van der Waals surface area contributed by atoms with Crippen LogP contribution in [0.1, 0.15) is 0 Å². The van der Waals surface area contributed by atoms with Gasteiger partial charge in [0, 0.05) is 21.9 Å². The van der Waals surface area contributed by atoms with Crippen LogP contribution in [0.2, 0.25) is 0 Å². The zero-order valence-electron chi connectivity index (χ0n) is 15.4. The molecule has 2 aromatic rings. The van der Waals surface area contributed by atoms with E-state index in [-0.39, 0.29) is 55.7 Å². The maximum atomic E-state index is 12.9. The van der Waals surface area contributed by atoms with Crippen LogP contribution >= 0.6 is 0 Å². The van der Waals surface area contributed by atoms with Crippen LogP contribution in [0, 0.1) is 0 Å². The van der Waals surface area contributed by atoms with Gasteiger partial charge in [0.05, 0.1) is 39.2 Å². The van der Waals surface area contributed by atoms with Gasteiger partial charge in [-0.15, -0.1) is 0 Å². The summed E-state index contributed by atoms with van der Waals surface area (Å²) in [6.07, 6.45) is 0. The van der Waals surface area contributed by atoms with Crippen molar-refractivity contribution in [2.45, 2.75) is 0 Å². The van der Waals surface area contributed by atoms with Crippen LogP contribution in [-0.4, -0.2) is 28.4 Å². The summed E-state index contributed by atoms with van der Waals surface area (Å²) in [5.41, 5.74) is -3.08. The molecule has 0 atom stereocenters. The van der Waals surface area contributed by atoms with Gasteiger partial charge in [-0.1, -0.05) is 0 Å². The number of hydrogen-bond donors (Lipinski definition) is 0. The molecule has 0 saturated heterocycles. The third-order valence-electron chi connectivity index (χ3n) is 4.93. The van der Waals surface area contributed by atoms with Crippen molar-refractivity contribution in [1.82, 2.24) is 0 Å². The fraction of sp³-hybridized carbons (Fsp3) is 0.200. The summed E-state index contributed by atoms with van der Waals surface area (Å²) >= 11 is 0. The topological polar surface area (TPSA) is 105 Å². The molecule has 0 fully saturated rings. The van der Waals surface area contributed by atoms with E-state index in [1.165, 1.54) is 40.6 Å². The Morgan fingerprint density at radius 2 is 0.964 bits per heavy atom. The standard InChI is InChI=1S/C20H14O8/c1-25-7-5-8-10-9(6-7)15(22)17(24)13-11(10)12(16(23)14(8)21)18(26-2)20(28-4)19(13)27-3/h5-6H,1-4H3. The molecular formula is C20H14O8. The highest BCUT2D eigenvalue weighted by Crippen LogP contribution is 2.50. The van der Waals surface area contributed by atoms with E-state index in [9.17, 15) is 19.2 Å². The molecule has 4 rings (SSSR count). The fourth-order valence-corrected chi connectivity index (χ4v) is 3.77. The SMILES string of the molecule is COc1cc2c3c(c1)c(=O)c(=O)c1c(OC)c(OC)c(OC)c(c1-3)c(=O)c2=O. The van der Waals surface area contributed by atoms with Gasteiger partial charge in [-0.05, 0) is 12.1 Å². The minimum absolute atomic E-state index is 0.0109. The lowest BCUT2D eigenvalue weighted by atomic mass is 9.85. The Labute approximate surface area is 156 Å². The lowest BCUT2D eigenvalue weighted by Crippen LogP contribution is -2.32. The van der Waals surface area contributed by atoms with Gasteiger partial charge in [-0.3, -0.25) is 19.2 Å². The largest absolute Gasteiger partial charge is 0.497 e. The molecular weight excluding hydrogens is 368 g/mol.